The van der Waals surface area contributed by atoms with E-state index in [4.69, 9.17) is 11.6 Å². The number of nitrogens with zero attached hydrogens (tertiary/aromatic N) is 1. The van der Waals surface area contributed by atoms with Gasteiger partial charge in [-0.2, -0.15) is 0 Å². The third kappa shape index (κ3) is 3.11. The number of nitrogens with one attached hydrogen (secondary N) is 2. The SMILES string of the molecule is CC1CC(Nc2ccc(Cl)cc2[N+](=O)[O-])CCN1. The second kappa shape index (κ2) is 5.54. The van der Waals surface area contributed by atoms with Crippen LogP contribution in [0.3, 0.4) is 0 Å². The third-order valence-electron chi connectivity index (χ3n) is 3.14. The Kier molecular flexibility index (Phi) is 4.04. The van der Waals surface area contributed by atoms with Gasteiger partial charge in [0.15, 0.2) is 0 Å². The maximum absolute atomic E-state index is 11.0. The van der Waals surface area contributed by atoms with Crippen molar-refractivity contribution >= 4 is 23.0 Å². The molecule has 2 rings (SSSR count). The number of anilines is 1. The number of halogens is 1. The quantitative estimate of drug-likeness (QED) is 0.654. The van der Waals surface area contributed by atoms with E-state index in [0.717, 1.165) is 19.4 Å². The monoisotopic (exact) mass is 269 g/mol. The highest BCUT2D eigenvalue weighted by atomic mass is 35.5. The summed E-state index contributed by atoms with van der Waals surface area (Å²) in [7, 11) is 0. The summed E-state index contributed by atoms with van der Waals surface area (Å²) in [5, 5.41) is 18.0. The molecule has 98 valence electrons. The zero-order valence-corrected chi connectivity index (χ0v) is 10.9. The Labute approximate surface area is 111 Å². The average molecular weight is 270 g/mol. The van der Waals surface area contributed by atoms with Gasteiger partial charge in [-0.25, -0.2) is 0 Å². The van der Waals surface area contributed by atoms with Gasteiger partial charge in [0, 0.05) is 23.2 Å². The van der Waals surface area contributed by atoms with Crippen LogP contribution in [0.15, 0.2) is 18.2 Å². The molecule has 18 heavy (non-hydrogen) atoms. The van der Waals surface area contributed by atoms with Crippen LogP contribution in [0, 0.1) is 10.1 Å². The van der Waals surface area contributed by atoms with Crippen molar-refractivity contribution in [2.75, 3.05) is 11.9 Å². The van der Waals surface area contributed by atoms with Crippen molar-refractivity contribution in [1.82, 2.24) is 5.32 Å². The van der Waals surface area contributed by atoms with Crippen molar-refractivity contribution in [3.8, 4) is 0 Å². The highest BCUT2D eigenvalue weighted by Gasteiger charge is 2.21. The van der Waals surface area contributed by atoms with Crippen LogP contribution < -0.4 is 10.6 Å². The molecule has 0 radical (unpaired) electrons. The lowest BCUT2D eigenvalue weighted by molar-refractivity contribution is -0.384. The molecule has 1 aliphatic rings. The first kappa shape index (κ1) is 13.1. The predicted octanol–water partition coefficient (Wildman–Crippen LogP) is 2.80. The highest BCUT2D eigenvalue weighted by Crippen LogP contribution is 2.29. The van der Waals surface area contributed by atoms with Crippen molar-refractivity contribution in [2.24, 2.45) is 0 Å². The van der Waals surface area contributed by atoms with E-state index in [0.29, 0.717) is 16.8 Å². The Hall–Kier alpha value is -1.33. The first-order chi connectivity index (χ1) is 8.56. The summed E-state index contributed by atoms with van der Waals surface area (Å²) in [4.78, 5) is 10.6. The Bertz CT molecular complexity index is 453. The van der Waals surface area contributed by atoms with Crippen LogP contribution in [0.4, 0.5) is 11.4 Å². The molecule has 2 unspecified atom stereocenters. The Morgan fingerprint density at radius 2 is 2.33 bits per heavy atom. The standard InChI is InChI=1S/C12H16ClN3O2/c1-8-6-10(4-5-14-8)15-11-3-2-9(13)7-12(11)16(17)18/h2-3,7-8,10,14-15H,4-6H2,1H3. The lowest BCUT2D eigenvalue weighted by Crippen LogP contribution is -2.41. The van der Waals surface area contributed by atoms with Crippen LogP contribution in [0.5, 0.6) is 0 Å². The molecule has 6 heteroatoms. The normalized spacial score (nSPS) is 23.7. The molecule has 1 aromatic carbocycles. The number of nitro benzene ring substituents is 1. The number of nitro groups is 1. The Morgan fingerprint density at radius 3 is 3.00 bits per heavy atom. The molecule has 2 atom stereocenters. The summed E-state index contributed by atoms with van der Waals surface area (Å²) in [5.41, 5.74) is 0.581. The van der Waals surface area contributed by atoms with Crippen LogP contribution in [0.1, 0.15) is 19.8 Å². The maximum atomic E-state index is 11.0. The van der Waals surface area contributed by atoms with Crippen molar-refractivity contribution < 1.29 is 4.92 Å². The largest absolute Gasteiger partial charge is 0.377 e. The predicted molar refractivity (Wildman–Crippen MR) is 72.2 cm³/mol. The fourth-order valence-corrected chi connectivity index (χ4v) is 2.43. The van der Waals surface area contributed by atoms with E-state index in [1.54, 1.807) is 12.1 Å². The Morgan fingerprint density at radius 1 is 1.56 bits per heavy atom. The lowest BCUT2D eigenvalue weighted by atomic mass is 10.0. The molecule has 1 fully saturated rings. The molecule has 0 amide bonds. The van der Waals surface area contributed by atoms with Crippen molar-refractivity contribution in [3.63, 3.8) is 0 Å². The van der Waals surface area contributed by atoms with Crippen LogP contribution in [-0.4, -0.2) is 23.6 Å². The van der Waals surface area contributed by atoms with Gasteiger partial charge in [0.2, 0.25) is 0 Å². The molecule has 1 saturated heterocycles. The fourth-order valence-electron chi connectivity index (χ4n) is 2.26. The highest BCUT2D eigenvalue weighted by molar-refractivity contribution is 6.30. The topological polar surface area (TPSA) is 67.2 Å². The van der Waals surface area contributed by atoms with Gasteiger partial charge in [0.1, 0.15) is 5.69 Å². The van der Waals surface area contributed by atoms with Crippen LogP contribution in [-0.2, 0) is 0 Å². The number of piperidine rings is 1. The second-order valence-electron chi connectivity index (χ2n) is 4.64. The molecule has 5 nitrogen and oxygen atoms in total. The zero-order chi connectivity index (χ0) is 13.1. The minimum absolute atomic E-state index is 0.0358. The average Bonchev–Trinajstić information content (AvgIpc) is 2.31. The molecule has 0 aromatic heterocycles. The summed E-state index contributed by atoms with van der Waals surface area (Å²) in [6.07, 6.45) is 1.92. The van der Waals surface area contributed by atoms with E-state index in [1.165, 1.54) is 6.07 Å². The van der Waals surface area contributed by atoms with Gasteiger partial charge in [-0.05, 0) is 38.4 Å². The second-order valence-corrected chi connectivity index (χ2v) is 5.08. The van der Waals surface area contributed by atoms with E-state index in [-0.39, 0.29) is 11.7 Å². The molecular weight excluding hydrogens is 254 g/mol. The smallest absolute Gasteiger partial charge is 0.293 e. The van der Waals surface area contributed by atoms with Gasteiger partial charge in [-0.15, -0.1) is 0 Å². The molecule has 0 bridgehead atoms. The van der Waals surface area contributed by atoms with E-state index in [1.807, 2.05) is 0 Å². The summed E-state index contributed by atoms with van der Waals surface area (Å²) < 4.78 is 0. The lowest BCUT2D eigenvalue weighted by Gasteiger charge is -2.29. The van der Waals surface area contributed by atoms with Crippen LogP contribution in [0.2, 0.25) is 5.02 Å². The van der Waals surface area contributed by atoms with Gasteiger partial charge in [0.25, 0.3) is 5.69 Å². The number of hydrogen-bond acceptors (Lipinski definition) is 4. The van der Waals surface area contributed by atoms with Crippen molar-refractivity contribution in [1.29, 1.82) is 0 Å². The van der Waals surface area contributed by atoms with Gasteiger partial charge in [0.05, 0.1) is 4.92 Å². The molecule has 2 N–H and O–H groups in total. The molecule has 0 saturated carbocycles. The molecule has 1 aromatic rings. The van der Waals surface area contributed by atoms with Crippen LogP contribution >= 0.6 is 11.6 Å². The Balaban J connectivity index is 2.15. The third-order valence-corrected chi connectivity index (χ3v) is 3.37. The van der Waals surface area contributed by atoms with Crippen molar-refractivity contribution in [3.05, 3.63) is 33.3 Å². The van der Waals surface area contributed by atoms with Gasteiger partial charge in [-0.3, -0.25) is 10.1 Å². The number of hydrogen-bond donors (Lipinski definition) is 2. The van der Waals surface area contributed by atoms with E-state index >= 15 is 0 Å². The maximum Gasteiger partial charge on any atom is 0.293 e. The zero-order valence-electron chi connectivity index (χ0n) is 10.1. The molecular formula is C12H16ClN3O2. The molecule has 1 aliphatic heterocycles. The minimum Gasteiger partial charge on any atom is -0.377 e. The summed E-state index contributed by atoms with van der Waals surface area (Å²) >= 11 is 5.78. The van der Waals surface area contributed by atoms with E-state index in [2.05, 4.69) is 17.6 Å². The summed E-state index contributed by atoms with van der Waals surface area (Å²) in [6, 6.07) is 5.42. The van der Waals surface area contributed by atoms with Gasteiger partial charge < -0.3 is 10.6 Å². The van der Waals surface area contributed by atoms with E-state index < -0.39 is 4.92 Å². The first-order valence-corrected chi connectivity index (χ1v) is 6.38. The van der Waals surface area contributed by atoms with Gasteiger partial charge in [-0.1, -0.05) is 11.6 Å². The molecule has 1 heterocycles. The van der Waals surface area contributed by atoms with E-state index in [9.17, 15) is 10.1 Å². The summed E-state index contributed by atoms with van der Waals surface area (Å²) in [5.74, 6) is 0. The van der Waals surface area contributed by atoms with Crippen LogP contribution in [0.25, 0.3) is 0 Å². The molecule has 0 spiro atoms. The van der Waals surface area contributed by atoms with Crippen molar-refractivity contribution in [2.45, 2.75) is 31.8 Å². The molecule has 0 aliphatic carbocycles. The van der Waals surface area contributed by atoms with Gasteiger partial charge >= 0.3 is 0 Å². The fraction of sp³-hybridized carbons (Fsp3) is 0.500. The first-order valence-electron chi connectivity index (χ1n) is 6.00. The number of benzene rings is 1. The number of rotatable bonds is 3. The minimum atomic E-state index is -0.404. The summed E-state index contributed by atoms with van der Waals surface area (Å²) in [6.45, 7) is 3.05.